The van der Waals surface area contributed by atoms with Crippen molar-refractivity contribution >= 4 is 17.3 Å². The van der Waals surface area contributed by atoms with Crippen molar-refractivity contribution in [3.63, 3.8) is 0 Å². The summed E-state index contributed by atoms with van der Waals surface area (Å²) in [5, 5.41) is 14.1. The van der Waals surface area contributed by atoms with Gasteiger partial charge in [0.2, 0.25) is 0 Å². The lowest BCUT2D eigenvalue weighted by Crippen LogP contribution is -2.47. The Morgan fingerprint density at radius 1 is 1.31 bits per heavy atom. The molecular weight excluding hydrogens is 334 g/mol. The number of anilines is 1. The van der Waals surface area contributed by atoms with Gasteiger partial charge in [-0.15, -0.1) is 0 Å². The molecule has 1 amide bonds. The summed E-state index contributed by atoms with van der Waals surface area (Å²) in [5.74, 6) is -0.345. The summed E-state index contributed by atoms with van der Waals surface area (Å²) in [7, 11) is 1.50. The van der Waals surface area contributed by atoms with Gasteiger partial charge in [-0.25, -0.2) is 0 Å². The predicted octanol–water partition coefficient (Wildman–Crippen LogP) is 2.40. The minimum Gasteiger partial charge on any atom is -0.377 e. The Hall–Kier alpha value is -2.93. The number of nitrogens with one attached hydrogen (secondary N) is 1. The molecule has 0 aliphatic carbocycles. The Morgan fingerprint density at radius 2 is 2.08 bits per heavy atom. The quantitative estimate of drug-likeness (QED) is 0.658. The lowest BCUT2D eigenvalue weighted by atomic mass is 10.0. The van der Waals surface area contributed by atoms with E-state index >= 15 is 0 Å². The molecule has 1 saturated heterocycles. The minimum atomic E-state index is -0.434. The number of benzene rings is 2. The fourth-order valence-electron chi connectivity index (χ4n) is 3.23. The van der Waals surface area contributed by atoms with Crippen molar-refractivity contribution in [2.75, 3.05) is 31.7 Å². The lowest BCUT2D eigenvalue weighted by molar-refractivity contribution is -0.384. The van der Waals surface area contributed by atoms with Crippen LogP contribution in [-0.2, 0) is 11.2 Å². The van der Waals surface area contributed by atoms with Gasteiger partial charge in [-0.2, -0.15) is 0 Å². The number of carbonyl (C=O) groups is 1. The van der Waals surface area contributed by atoms with Crippen LogP contribution in [0.2, 0.25) is 0 Å². The van der Waals surface area contributed by atoms with Gasteiger partial charge in [-0.05, 0) is 24.1 Å². The second kappa shape index (κ2) is 7.97. The van der Waals surface area contributed by atoms with Crippen molar-refractivity contribution in [2.24, 2.45) is 0 Å². The Morgan fingerprint density at radius 3 is 2.77 bits per heavy atom. The number of hydrogen-bond acceptors (Lipinski definition) is 5. The standard InChI is InChI=1S/C19H21N3O4/c1-20-19(23)15-7-8-17(18(12-15)22(24)25)21-9-10-26-13-16(21)11-14-5-3-2-4-6-14/h2-8,12,16H,9-11,13H2,1H3,(H,20,23). The molecule has 7 nitrogen and oxygen atoms in total. The lowest BCUT2D eigenvalue weighted by Gasteiger charge is -2.37. The molecule has 7 heteroatoms. The molecule has 1 unspecified atom stereocenters. The average molecular weight is 355 g/mol. The fraction of sp³-hybridized carbons (Fsp3) is 0.316. The van der Waals surface area contributed by atoms with E-state index in [2.05, 4.69) is 5.32 Å². The van der Waals surface area contributed by atoms with Gasteiger partial charge in [0, 0.05) is 25.2 Å². The van der Waals surface area contributed by atoms with Crippen LogP contribution in [0.1, 0.15) is 15.9 Å². The maximum atomic E-state index is 11.8. The maximum Gasteiger partial charge on any atom is 0.293 e. The van der Waals surface area contributed by atoms with Crippen LogP contribution in [-0.4, -0.2) is 43.7 Å². The van der Waals surface area contributed by atoms with Gasteiger partial charge in [0.15, 0.2) is 0 Å². The van der Waals surface area contributed by atoms with Gasteiger partial charge in [0.25, 0.3) is 11.6 Å². The van der Waals surface area contributed by atoms with E-state index in [1.807, 2.05) is 35.2 Å². The second-order valence-corrected chi connectivity index (χ2v) is 6.15. The van der Waals surface area contributed by atoms with E-state index in [1.165, 1.54) is 13.1 Å². The normalized spacial score (nSPS) is 17.0. The Bertz CT molecular complexity index is 795. The number of carbonyl (C=O) groups excluding carboxylic acids is 1. The topological polar surface area (TPSA) is 84.7 Å². The van der Waals surface area contributed by atoms with Crippen LogP contribution >= 0.6 is 0 Å². The van der Waals surface area contributed by atoms with Gasteiger partial charge in [-0.3, -0.25) is 14.9 Å². The first-order valence-electron chi connectivity index (χ1n) is 8.49. The molecule has 3 rings (SSSR count). The average Bonchev–Trinajstić information content (AvgIpc) is 2.68. The van der Waals surface area contributed by atoms with E-state index in [-0.39, 0.29) is 23.2 Å². The summed E-state index contributed by atoms with van der Waals surface area (Å²) < 4.78 is 5.61. The van der Waals surface area contributed by atoms with E-state index < -0.39 is 4.92 Å². The van der Waals surface area contributed by atoms with Gasteiger partial charge in [0.05, 0.1) is 24.2 Å². The first-order chi connectivity index (χ1) is 12.6. The Kier molecular flexibility index (Phi) is 5.48. The number of hydrogen-bond donors (Lipinski definition) is 1. The zero-order valence-electron chi connectivity index (χ0n) is 14.6. The molecule has 0 saturated carbocycles. The van der Waals surface area contributed by atoms with E-state index in [4.69, 9.17) is 4.74 Å². The molecule has 1 aliphatic heterocycles. The Balaban J connectivity index is 1.93. The molecule has 0 spiro atoms. The molecule has 1 fully saturated rings. The molecule has 2 aromatic rings. The summed E-state index contributed by atoms with van der Waals surface area (Å²) >= 11 is 0. The van der Waals surface area contributed by atoms with E-state index in [1.54, 1.807) is 12.1 Å². The van der Waals surface area contributed by atoms with Gasteiger partial charge >= 0.3 is 0 Å². The van der Waals surface area contributed by atoms with Gasteiger partial charge in [-0.1, -0.05) is 30.3 Å². The van der Waals surface area contributed by atoms with E-state index in [0.29, 0.717) is 25.4 Å². The van der Waals surface area contributed by atoms with Crippen molar-refractivity contribution in [3.05, 3.63) is 69.8 Å². The molecule has 1 aliphatic rings. The van der Waals surface area contributed by atoms with Crippen molar-refractivity contribution in [1.29, 1.82) is 0 Å². The highest BCUT2D eigenvalue weighted by molar-refractivity contribution is 5.95. The first kappa shape index (κ1) is 17.9. The highest BCUT2D eigenvalue weighted by Gasteiger charge is 2.29. The number of ether oxygens (including phenoxy) is 1. The summed E-state index contributed by atoms with van der Waals surface area (Å²) in [5.41, 5.74) is 1.88. The molecular formula is C19H21N3O4. The molecule has 0 radical (unpaired) electrons. The van der Waals surface area contributed by atoms with Gasteiger partial charge in [0.1, 0.15) is 5.69 Å². The van der Waals surface area contributed by atoms with E-state index in [0.717, 1.165) is 12.0 Å². The summed E-state index contributed by atoms with van der Waals surface area (Å²) in [6.07, 6.45) is 0.731. The molecule has 0 aromatic heterocycles. The van der Waals surface area contributed by atoms with Crippen LogP contribution in [0.4, 0.5) is 11.4 Å². The molecule has 1 heterocycles. The minimum absolute atomic E-state index is 0.00398. The number of nitro benzene ring substituents is 1. The molecule has 136 valence electrons. The zero-order chi connectivity index (χ0) is 18.5. The number of morpholine rings is 1. The van der Waals surface area contributed by atoms with Crippen LogP contribution < -0.4 is 10.2 Å². The largest absolute Gasteiger partial charge is 0.377 e. The summed E-state index contributed by atoms with van der Waals surface area (Å²) in [4.78, 5) is 25.0. The fourth-order valence-corrected chi connectivity index (χ4v) is 3.23. The third-order valence-corrected chi connectivity index (χ3v) is 4.51. The van der Waals surface area contributed by atoms with Crippen molar-refractivity contribution < 1.29 is 14.5 Å². The van der Waals surface area contributed by atoms with E-state index in [9.17, 15) is 14.9 Å². The summed E-state index contributed by atoms with van der Waals surface area (Å²) in [6, 6.07) is 14.6. The zero-order valence-corrected chi connectivity index (χ0v) is 14.6. The second-order valence-electron chi connectivity index (χ2n) is 6.15. The highest BCUT2D eigenvalue weighted by Crippen LogP contribution is 2.32. The van der Waals surface area contributed by atoms with Crippen LogP contribution in [0, 0.1) is 10.1 Å². The number of amides is 1. The SMILES string of the molecule is CNC(=O)c1ccc(N2CCOCC2Cc2ccccc2)c([N+](=O)[O-])c1. The summed E-state index contributed by atoms with van der Waals surface area (Å²) in [6.45, 7) is 1.58. The molecule has 26 heavy (non-hydrogen) atoms. The predicted molar refractivity (Wildman–Crippen MR) is 98.6 cm³/mol. The van der Waals surface area contributed by atoms with Crippen molar-refractivity contribution in [1.82, 2.24) is 5.32 Å². The number of nitrogens with zero attached hydrogens (tertiary/aromatic N) is 2. The molecule has 1 atom stereocenters. The van der Waals surface area contributed by atoms with Crippen molar-refractivity contribution in [2.45, 2.75) is 12.5 Å². The molecule has 2 aromatic carbocycles. The smallest absolute Gasteiger partial charge is 0.293 e. The third-order valence-electron chi connectivity index (χ3n) is 4.51. The number of nitro groups is 1. The third kappa shape index (κ3) is 3.83. The maximum absolute atomic E-state index is 11.8. The molecule has 0 bridgehead atoms. The van der Waals surface area contributed by atoms with Crippen LogP contribution in [0.3, 0.4) is 0 Å². The van der Waals surface area contributed by atoms with Crippen molar-refractivity contribution in [3.8, 4) is 0 Å². The monoisotopic (exact) mass is 355 g/mol. The molecule has 1 N–H and O–H groups in total. The highest BCUT2D eigenvalue weighted by atomic mass is 16.6. The first-order valence-corrected chi connectivity index (χ1v) is 8.49. The van der Waals surface area contributed by atoms with Crippen LogP contribution in [0.15, 0.2) is 48.5 Å². The van der Waals surface area contributed by atoms with Crippen LogP contribution in [0.25, 0.3) is 0 Å². The number of rotatable bonds is 5. The van der Waals surface area contributed by atoms with Gasteiger partial charge < -0.3 is 15.0 Å². The van der Waals surface area contributed by atoms with Crippen LogP contribution in [0.5, 0.6) is 0 Å². The Labute approximate surface area is 151 Å².